The van der Waals surface area contributed by atoms with Crippen LogP contribution in [0.15, 0.2) is 107 Å². The molecule has 4 rings (SSSR count). The average molecular weight is 606 g/mol. The number of rotatable bonds is 9. The monoisotopic (exact) mass is 605 g/mol. The number of carbonyl (C=O) groups excluding carboxylic acids is 2. The van der Waals surface area contributed by atoms with Gasteiger partial charge in [-0.2, -0.15) is 0 Å². The van der Waals surface area contributed by atoms with E-state index >= 15 is 0 Å². The summed E-state index contributed by atoms with van der Waals surface area (Å²) in [4.78, 5) is 26.8. The molecule has 0 bridgehead atoms. The van der Waals surface area contributed by atoms with Gasteiger partial charge in [-0.15, -0.1) is 11.8 Å². The van der Waals surface area contributed by atoms with E-state index in [0.29, 0.717) is 16.9 Å². The molecule has 0 aliphatic heterocycles. The zero-order chi connectivity index (χ0) is 30.5. The summed E-state index contributed by atoms with van der Waals surface area (Å²) in [5, 5.41) is 5.50. The van der Waals surface area contributed by atoms with Gasteiger partial charge < -0.3 is 10.6 Å². The fraction of sp³-hybridized carbons (Fsp3) is 0.188. The van der Waals surface area contributed by atoms with E-state index in [9.17, 15) is 22.4 Å². The Hall–Kier alpha value is -4.15. The van der Waals surface area contributed by atoms with E-state index in [4.69, 9.17) is 0 Å². The Bertz CT molecular complexity index is 1680. The first-order valence-electron chi connectivity index (χ1n) is 13.1. The summed E-state index contributed by atoms with van der Waals surface area (Å²) in [6.07, 6.45) is 1.87. The second-order valence-electron chi connectivity index (χ2n) is 10.6. The van der Waals surface area contributed by atoms with Gasteiger partial charge >= 0.3 is 0 Å². The van der Waals surface area contributed by atoms with E-state index in [-0.39, 0.29) is 21.9 Å². The Morgan fingerprint density at radius 3 is 2.05 bits per heavy atom. The Morgan fingerprint density at radius 2 is 1.45 bits per heavy atom. The summed E-state index contributed by atoms with van der Waals surface area (Å²) < 4.78 is 42.1. The van der Waals surface area contributed by atoms with Gasteiger partial charge in [0.25, 0.3) is 15.9 Å². The van der Waals surface area contributed by atoms with Crippen molar-refractivity contribution in [2.45, 2.75) is 36.0 Å². The molecule has 42 heavy (non-hydrogen) atoms. The number of nitrogens with one attached hydrogen (secondary N) is 2. The smallest absolute Gasteiger partial charge is 0.264 e. The highest BCUT2D eigenvalue weighted by Gasteiger charge is 2.28. The molecule has 4 aromatic carbocycles. The van der Waals surface area contributed by atoms with E-state index in [0.717, 1.165) is 20.8 Å². The van der Waals surface area contributed by atoms with Crippen molar-refractivity contribution < 1.29 is 22.4 Å². The molecule has 0 saturated heterocycles. The summed E-state index contributed by atoms with van der Waals surface area (Å²) in [6, 6.07) is 25.2. The minimum absolute atomic E-state index is 0.0117. The first kappa shape index (κ1) is 30.8. The fourth-order valence-corrected chi connectivity index (χ4v) is 5.97. The topological polar surface area (TPSA) is 95.6 Å². The third-order valence-corrected chi connectivity index (χ3v) is 8.98. The van der Waals surface area contributed by atoms with Crippen LogP contribution in [0.3, 0.4) is 0 Å². The number of halogens is 1. The maximum Gasteiger partial charge on any atom is 0.264 e. The number of anilines is 3. The number of carbonyl (C=O) groups is 2. The third kappa shape index (κ3) is 7.57. The molecule has 10 heteroatoms. The molecular weight excluding hydrogens is 574 g/mol. The minimum atomic E-state index is -4.21. The SMILES string of the molecule is CSc1ccc(S(=O)(=O)N(CC(=O)Nc2cccc(NC(=O)c3ccc(C(C)(C)C)cc3)c2)c2cccc(F)c2)cc1. The van der Waals surface area contributed by atoms with Gasteiger partial charge in [0.05, 0.1) is 10.6 Å². The number of sulfonamides is 1. The number of hydrogen-bond donors (Lipinski definition) is 2. The minimum Gasteiger partial charge on any atom is -0.324 e. The standard InChI is InChI=1S/C32H32FN3O4S2/c1-32(2,3)23-13-11-22(12-14-23)31(38)35-26-9-6-8-25(20-26)34-30(37)21-36(27-10-5-7-24(33)19-27)42(39,40)29-17-15-28(41-4)16-18-29/h5-20H,21H2,1-4H3,(H,34,37)(H,35,38). The van der Waals surface area contributed by atoms with Crippen LogP contribution in [0.5, 0.6) is 0 Å². The lowest BCUT2D eigenvalue weighted by atomic mass is 9.87. The first-order chi connectivity index (χ1) is 19.9. The highest BCUT2D eigenvalue weighted by Crippen LogP contribution is 2.27. The Kier molecular flexibility index (Phi) is 9.38. The molecule has 2 N–H and O–H groups in total. The molecule has 0 aliphatic rings. The molecule has 0 radical (unpaired) electrons. The van der Waals surface area contributed by atoms with Crippen LogP contribution in [-0.2, 0) is 20.2 Å². The van der Waals surface area contributed by atoms with Gasteiger partial charge in [-0.1, -0.05) is 45.0 Å². The molecule has 0 heterocycles. The fourth-order valence-electron chi connectivity index (χ4n) is 4.15. The normalized spacial score (nSPS) is 11.5. The van der Waals surface area contributed by atoms with Crippen molar-refractivity contribution in [2.75, 3.05) is 27.7 Å². The van der Waals surface area contributed by atoms with E-state index in [1.807, 2.05) is 18.4 Å². The van der Waals surface area contributed by atoms with Crippen molar-refractivity contribution in [3.05, 3.63) is 114 Å². The Balaban J connectivity index is 1.51. The summed E-state index contributed by atoms with van der Waals surface area (Å²) in [7, 11) is -4.21. The zero-order valence-electron chi connectivity index (χ0n) is 23.7. The van der Waals surface area contributed by atoms with Crippen LogP contribution in [0.4, 0.5) is 21.5 Å². The first-order valence-corrected chi connectivity index (χ1v) is 15.8. The van der Waals surface area contributed by atoms with E-state index in [2.05, 4.69) is 31.4 Å². The second kappa shape index (κ2) is 12.8. The van der Waals surface area contributed by atoms with E-state index in [1.165, 1.54) is 42.1 Å². The average Bonchev–Trinajstić information content (AvgIpc) is 2.95. The summed E-state index contributed by atoms with van der Waals surface area (Å²) >= 11 is 1.46. The van der Waals surface area contributed by atoms with Crippen molar-refractivity contribution >= 4 is 50.7 Å². The summed E-state index contributed by atoms with van der Waals surface area (Å²) in [6.45, 7) is 5.68. The Morgan fingerprint density at radius 1 is 0.833 bits per heavy atom. The van der Waals surface area contributed by atoms with Gasteiger partial charge in [0.1, 0.15) is 12.4 Å². The van der Waals surface area contributed by atoms with Gasteiger partial charge in [-0.05, 0) is 90.0 Å². The van der Waals surface area contributed by atoms with Crippen LogP contribution in [0, 0.1) is 5.82 Å². The second-order valence-corrected chi connectivity index (χ2v) is 13.3. The number of amides is 2. The van der Waals surface area contributed by atoms with E-state index < -0.39 is 28.3 Å². The van der Waals surface area contributed by atoms with E-state index in [1.54, 1.807) is 48.5 Å². The molecule has 0 fully saturated rings. The molecule has 4 aromatic rings. The molecule has 7 nitrogen and oxygen atoms in total. The molecule has 0 aliphatic carbocycles. The number of hydrogen-bond acceptors (Lipinski definition) is 5. The largest absolute Gasteiger partial charge is 0.324 e. The van der Waals surface area contributed by atoms with Crippen molar-refractivity contribution in [1.29, 1.82) is 0 Å². The molecule has 0 atom stereocenters. The van der Waals surface area contributed by atoms with Crippen LogP contribution in [0.1, 0.15) is 36.7 Å². The van der Waals surface area contributed by atoms with Gasteiger partial charge in [-0.3, -0.25) is 13.9 Å². The van der Waals surface area contributed by atoms with Crippen LogP contribution >= 0.6 is 11.8 Å². The van der Waals surface area contributed by atoms with Crippen LogP contribution in [0.2, 0.25) is 0 Å². The van der Waals surface area contributed by atoms with Gasteiger partial charge in [0.2, 0.25) is 5.91 Å². The number of thioether (sulfide) groups is 1. The third-order valence-electron chi connectivity index (χ3n) is 6.45. The quantitative estimate of drug-likeness (QED) is 0.202. The van der Waals surface area contributed by atoms with Gasteiger partial charge in [-0.25, -0.2) is 12.8 Å². The van der Waals surface area contributed by atoms with Crippen LogP contribution in [-0.4, -0.2) is 33.0 Å². The van der Waals surface area contributed by atoms with Gasteiger partial charge in [0.15, 0.2) is 0 Å². The molecule has 0 unspecified atom stereocenters. The molecule has 0 aromatic heterocycles. The summed E-state index contributed by atoms with van der Waals surface area (Å²) in [5.41, 5.74) is 2.36. The molecular formula is C32H32FN3O4S2. The lowest BCUT2D eigenvalue weighted by molar-refractivity contribution is -0.114. The Labute approximate surface area is 250 Å². The maximum absolute atomic E-state index is 14.1. The molecule has 0 saturated carbocycles. The van der Waals surface area contributed by atoms with Crippen molar-refractivity contribution in [2.24, 2.45) is 0 Å². The van der Waals surface area contributed by atoms with Crippen molar-refractivity contribution in [3.63, 3.8) is 0 Å². The number of benzene rings is 4. The summed E-state index contributed by atoms with van der Waals surface area (Å²) in [5.74, 6) is -1.60. The highest BCUT2D eigenvalue weighted by molar-refractivity contribution is 7.98. The lowest BCUT2D eigenvalue weighted by Crippen LogP contribution is -2.38. The predicted octanol–water partition coefficient (Wildman–Crippen LogP) is 6.93. The van der Waals surface area contributed by atoms with Crippen molar-refractivity contribution in [3.8, 4) is 0 Å². The molecule has 218 valence electrons. The molecule has 0 spiro atoms. The predicted molar refractivity (Wildman–Crippen MR) is 167 cm³/mol. The van der Waals surface area contributed by atoms with Crippen LogP contribution < -0.4 is 14.9 Å². The highest BCUT2D eigenvalue weighted by atomic mass is 32.2. The maximum atomic E-state index is 14.1. The van der Waals surface area contributed by atoms with Gasteiger partial charge in [0, 0.05) is 21.8 Å². The molecule has 2 amide bonds. The van der Waals surface area contributed by atoms with Crippen LogP contribution in [0.25, 0.3) is 0 Å². The number of nitrogens with zero attached hydrogens (tertiary/aromatic N) is 1. The van der Waals surface area contributed by atoms with Crippen molar-refractivity contribution in [1.82, 2.24) is 0 Å². The zero-order valence-corrected chi connectivity index (χ0v) is 25.4. The lowest BCUT2D eigenvalue weighted by Gasteiger charge is -2.24.